The van der Waals surface area contributed by atoms with Gasteiger partial charge < -0.3 is 4.90 Å². The molecule has 1 aromatic carbocycles. The summed E-state index contributed by atoms with van der Waals surface area (Å²) in [6.45, 7) is 0. The van der Waals surface area contributed by atoms with Crippen LogP contribution >= 0.6 is 0 Å². The van der Waals surface area contributed by atoms with E-state index in [1.54, 1.807) is 4.68 Å². The molecule has 5 heteroatoms. The van der Waals surface area contributed by atoms with Gasteiger partial charge in [-0.2, -0.15) is 5.10 Å². The summed E-state index contributed by atoms with van der Waals surface area (Å²) in [5, 5.41) is 7.20. The second-order valence-electron chi connectivity index (χ2n) is 7.12. The number of urea groups is 1. The number of carbonyl (C=O) groups is 1. The van der Waals surface area contributed by atoms with Gasteiger partial charge in [-0.25, -0.2) is 4.79 Å². The van der Waals surface area contributed by atoms with Gasteiger partial charge in [0, 0.05) is 31.4 Å². The maximum absolute atomic E-state index is 12.7. The highest BCUT2D eigenvalue weighted by Crippen LogP contribution is 2.40. The van der Waals surface area contributed by atoms with E-state index in [-0.39, 0.29) is 6.03 Å². The van der Waals surface area contributed by atoms with E-state index in [1.165, 1.54) is 5.56 Å². The number of hydrogen-bond acceptors (Lipinski definition) is 2. The van der Waals surface area contributed by atoms with Crippen LogP contribution in [0.2, 0.25) is 0 Å². The van der Waals surface area contributed by atoms with Crippen LogP contribution in [0.3, 0.4) is 0 Å². The summed E-state index contributed by atoms with van der Waals surface area (Å²) in [6, 6.07) is 13.3. The minimum absolute atomic E-state index is 0.0133. The molecule has 0 saturated carbocycles. The van der Waals surface area contributed by atoms with Crippen LogP contribution in [0, 0.1) is 5.92 Å². The number of piperidine rings is 1. The molecule has 2 unspecified atom stereocenters. The Kier molecular flexibility index (Phi) is 4.00. The molecule has 2 amide bonds. The molecule has 2 atom stereocenters. The van der Waals surface area contributed by atoms with Crippen LogP contribution in [0.4, 0.5) is 10.6 Å². The maximum atomic E-state index is 12.7. The molecule has 1 N–H and O–H groups in total. The number of hydrogen-bond donors (Lipinski definition) is 1. The molecular formula is C19H24N4O. The average Bonchev–Trinajstić information content (AvgIpc) is 3.09. The second kappa shape index (κ2) is 6.30. The van der Waals surface area contributed by atoms with Crippen molar-refractivity contribution in [3.05, 3.63) is 48.2 Å². The van der Waals surface area contributed by atoms with Crippen molar-refractivity contribution in [1.82, 2.24) is 14.7 Å². The van der Waals surface area contributed by atoms with Crippen molar-refractivity contribution in [3.63, 3.8) is 0 Å². The second-order valence-corrected chi connectivity index (χ2v) is 7.12. The summed E-state index contributed by atoms with van der Waals surface area (Å²) in [5.41, 5.74) is 1.41. The molecule has 2 fully saturated rings. The van der Waals surface area contributed by atoms with Crippen LogP contribution in [0.5, 0.6) is 0 Å². The summed E-state index contributed by atoms with van der Waals surface area (Å²) in [5.74, 6) is 1.32. The highest BCUT2D eigenvalue weighted by molar-refractivity contribution is 5.89. The fourth-order valence-electron chi connectivity index (χ4n) is 4.39. The zero-order valence-electron chi connectivity index (χ0n) is 14.1. The Hall–Kier alpha value is -2.30. The molecule has 4 rings (SSSR count). The van der Waals surface area contributed by atoms with E-state index in [0.29, 0.717) is 23.8 Å². The van der Waals surface area contributed by atoms with Gasteiger partial charge in [0.1, 0.15) is 0 Å². The van der Waals surface area contributed by atoms with Crippen LogP contribution in [0.25, 0.3) is 0 Å². The average molecular weight is 324 g/mol. The van der Waals surface area contributed by atoms with Crippen molar-refractivity contribution < 1.29 is 4.79 Å². The number of benzene rings is 1. The molecule has 2 aliphatic heterocycles. The first-order chi connectivity index (χ1) is 11.7. The van der Waals surface area contributed by atoms with Crippen LogP contribution in [0.15, 0.2) is 42.6 Å². The van der Waals surface area contributed by atoms with Gasteiger partial charge in [-0.3, -0.25) is 10.00 Å². The van der Waals surface area contributed by atoms with Crippen LogP contribution in [-0.2, 0) is 13.5 Å². The third-order valence-electron chi connectivity index (χ3n) is 5.38. The van der Waals surface area contributed by atoms with Crippen LogP contribution < -0.4 is 5.32 Å². The molecule has 1 aromatic heterocycles. The summed E-state index contributed by atoms with van der Waals surface area (Å²) in [4.78, 5) is 14.7. The molecule has 126 valence electrons. The summed E-state index contributed by atoms with van der Waals surface area (Å²) >= 11 is 0. The van der Waals surface area contributed by atoms with Crippen LogP contribution in [-0.4, -0.2) is 32.8 Å². The van der Waals surface area contributed by atoms with Crippen molar-refractivity contribution >= 4 is 11.8 Å². The number of nitrogens with zero attached hydrogens (tertiary/aromatic N) is 3. The predicted molar refractivity (Wildman–Crippen MR) is 93.7 cm³/mol. The Balaban J connectivity index is 1.40. The van der Waals surface area contributed by atoms with E-state index < -0.39 is 0 Å². The minimum Gasteiger partial charge on any atom is -0.319 e. The largest absolute Gasteiger partial charge is 0.323 e. The Bertz CT molecular complexity index is 697. The smallest absolute Gasteiger partial charge is 0.319 e. The lowest BCUT2D eigenvalue weighted by molar-refractivity contribution is 0.131. The Labute approximate surface area is 142 Å². The van der Waals surface area contributed by atoms with Gasteiger partial charge in [0.15, 0.2) is 5.82 Å². The number of aromatic nitrogens is 2. The summed E-state index contributed by atoms with van der Waals surface area (Å²) in [6.07, 6.45) is 7.46. The molecule has 0 aliphatic carbocycles. The molecule has 0 spiro atoms. The van der Waals surface area contributed by atoms with E-state index >= 15 is 0 Å². The molecule has 3 heterocycles. The molecule has 2 saturated heterocycles. The minimum atomic E-state index is 0.0133. The zero-order valence-corrected chi connectivity index (χ0v) is 14.1. The van der Waals surface area contributed by atoms with Crippen molar-refractivity contribution in [2.45, 2.75) is 44.2 Å². The van der Waals surface area contributed by atoms with Crippen molar-refractivity contribution in [2.24, 2.45) is 13.0 Å². The number of carbonyl (C=O) groups excluding carboxylic acids is 1. The lowest BCUT2D eigenvalue weighted by atomic mass is 9.86. The Morgan fingerprint density at radius 1 is 1.17 bits per heavy atom. The highest BCUT2D eigenvalue weighted by Gasteiger charge is 2.43. The van der Waals surface area contributed by atoms with Gasteiger partial charge in [-0.15, -0.1) is 0 Å². The topological polar surface area (TPSA) is 50.2 Å². The number of fused-ring (bicyclic) bond motifs is 2. The quantitative estimate of drug-likeness (QED) is 0.940. The van der Waals surface area contributed by atoms with Gasteiger partial charge in [0.2, 0.25) is 0 Å². The van der Waals surface area contributed by atoms with Crippen molar-refractivity contribution in [3.8, 4) is 0 Å². The molecule has 24 heavy (non-hydrogen) atoms. The fourth-order valence-corrected chi connectivity index (χ4v) is 4.39. The Morgan fingerprint density at radius 2 is 1.88 bits per heavy atom. The van der Waals surface area contributed by atoms with Crippen molar-refractivity contribution in [1.29, 1.82) is 0 Å². The number of anilines is 1. The third kappa shape index (κ3) is 3.03. The van der Waals surface area contributed by atoms with Gasteiger partial charge in [0.05, 0.1) is 0 Å². The van der Waals surface area contributed by atoms with E-state index in [2.05, 4.69) is 45.6 Å². The van der Waals surface area contributed by atoms with Gasteiger partial charge in [0.25, 0.3) is 0 Å². The molecule has 2 aliphatic rings. The zero-order chi connectivity index (χ0) is 16.5. The van der Waals surface area contributed by atoms with Crippen LogP contribution in [0.1, 0.15) is 31.2 Å². The number of aryl methyl sites for hydroxylation is 1. The lowest BCUT2D eigenvalue weighted by Gasteiger charge is -2.38. The first-order valence-electron chi connectivity index (χ1n) is 8.82. The van der Waals surface area contributed by atoms with E-state index in [1.807, 2.05) is 19.3 Å². The molecule has 2 aromatic rings. The number of rotatable bonds is 3. The van der Waals surface area contributed by atoms with E-state index in [0.717, 1.165) is 32.1 Å². The monoisotopic (exact) mass is 324 g/mol. The van der Waals surface area contributed by atoms with Gasteiger partial charge in [-0.1, -0.05) is 30.3 Å². The first-order valence-corrected chi connectivity index (χ1v) is 8.82. The molecule has 0 radical (unpaired) electrons. The normalized spacial score (nSPS) is 25.7. The van der Waals surface area contributed by atoms with Gasteiger partial charge in [-0.05, 0) is 43.6 Å². The SMILES string of the molecule is Cn1ccc(NC(=O)N2C3CCC2CC(Cc2ccccc2)C3)n1. The fraction of sp³-hybridized carbons (Fsp3) is 0.474. The molecular weight excluding hydrogens is 300 g/mol. The molecule has 5 nitrogen and oxygen atoms in total. The summed E-state index contributed by atoms with van der Waals surface area (Å²) < 4.78 is 1.70. The first kappa shape index (κ1) is 15.2. The number of nitrogens with one attached hydrogen (secondary N) is 1. The van der Waals surface area contributed by atoms with E-state index in [4.69, 9.17) is 0 Å². The highest BCUT2D eigenvalue weighted by atomic mass is 16.2. The van der Waals surface area contributed by atoms with Gasteiger partial charge >= 0.3 is 6.03 Å². The molecule has 2 bridgehead atoms. The standard InChI is InChI=1S/C19H24N4O/c1-22-10-9-18(21-22)20-19(24)23-16-7-8-17(23)13-15(12-16)11-14-5-3-2-4-6-14/h2-6,9-10,15-17H,7-8,11-13H2,1H3,(H,20,21,24). The lowest BCUT2D eigenvalue weighted by Crippen LogP contribution is -2.48. The Morgan fingerprint density at radius 3 is 2.50 bits per heavy atom. The number of amides is 2. The van der Waals surface area contributed by atoms with E-state index in [9.17, 15) is 4.79 Å². The van der Waals surface area contributed by atoms with Crippen molar-refractivity contribution in [2.75, 3.05) is 5.32 Å². The maximum Gasteiger partial charge on any atom is 0.323 e. The summed E-state index contributed by atoms with van der Waals surface area (Å²) in [7, 11) is 1.86. The third-order valence-corrected chi connectivity index (χ3v) is 5.38. The predicted octanol–water partition coefficient (Wildman–Crippen LogP) is 3.44.